The van der Waals surface area contributed by atoms with Crippen molar-refractivity contribution in [2.24, 2.45) is 10.2 Å². The van der Waals surface area contributed by atoms with Crippen LogP contribution in [0.3, 0.4) is 0 Å². The Kier molecular flexibility index (Phi) is 4.57. The van der Waals surface area contributed by atoms with E-state index in [0.717, 1.165) is 32.9 Å². The first-order valence-electron chi connectivity index (χ1n) is 12.0. The van der Waals surface area contributed by atoms with Crippen LogP contribution in [0.4, 0.5) is 17.1 Å². The summed E-state index contributed by atoms with van der Waals surface area (Å²) in [6.45, 7) is 0. The largest absolute Gasteiger partial charge is 0.397 e. The Balaban J connectivity index is 1.45. The van der Waals surface area contributed by atoms with Gasteiger partial charge < -0.3 is 10.3 Å². The number of benzene rings is 6. The van der Waals surface area contributed by atoms with E-state index < -0.39 is 0 Å². The summed E-state index contributed by atoms with van der Waals surface area (Å²) in [6.07, 6.45) is 0. The van der Waals surface area contributed by atoms with Crippen molar-refractivity contribution in [2.45, 2.75) is 0 Å². The lowest BCUT2D eigenvalue weighted by molar-refractivity contribution is 1.19. The molecule has 0 aliphatic heterocycles. The van der Waals surface area contributed by atoms with E-state index in [9.17, 15) is 0 Å². The summed E-state index contributed by atoms with van der Waals surface area (Å²) >= 11 is 0. The van der Waals surface area contributed by atoms with Gasteiger partial charge in [0, 0.05) is 26.9 Å². The first kappa shape index (κ1) is 20.4. The van der Waals surface area contributed by atoms with Gasteiger partial charge in [0.2, 0.25) is 0 Å². The average Bonchev–Trinajstić information content (AvgIpc) is 3.27. The Labute approximate surface area is 207 Å². The van der Waals surface area contributed by atoms with Gasteiger partial charge in [-0.25, -0.2) is 0 Å². The predicted octanol–water partition coefficient (Wildman–Crippen LogP) is 9.09. The number of para-hydroxylation sites is 2. The van der Waals surface area contributed by atoms with E-state index in [1.165, 1.54) is 21.8 Å². The zero-order valence-electron chi connectivity index (χ0n) is 19.5. The lowest BCUT2D eigenvalue weighted by Gasteiger charge is -2.13. The lowest BCUT2D eigenvalue weighted by atomic mass is 10.1. The number of fused-ring (bicyclic) bond motifs is 5. The summed E-state index contributed by atoms with van der Waals surface area (Å²) in [6, 6.07) is 41.7. The van der Waals surface area contributed by atoms with Crippen LogP contribution in [0.5, 0.6) is 0 Å². The molecule has 1 heterocycles. The van der Waals surface area contributed by atoms with Gasteiger partial charge in [-0.15, -0.1) is 10.2 Å². The summed E-state index contributed by atoms with van der Waals surface area (Å²) in [4.78, 5) is 0. The lowest BCUT2D eigenvalue weighted by Crippen LogP contribution is -1.95. The summed E-state index contributed by atoms with van der Waals surface area (Å²) in [7, 11) is 0. The first-order valence-corrected chi connectivity index (χ1v) is 12.0. The highest BCUT2D eigenvalue weighted by Gasteiger charge is 2.15. The maximum atomic E-state index is 6.30. The van der Waals surface area contributed by atoms with E-state index in [0.29, 0.717) is 11.4 Å². The van der Waals surface area contributed by atoms with Gasteiger partial charge in [-0.3, -0.25) is 0 Å². The van der Waals surface area contributed by atoms with Crippen molar-refractivity contribution < 1.29 is 0 Å². The van der Waals surface area contributed by atoms with Gasteiger partial charge in [0.1, 0.15) is 5.69 Å². The molecule has 0 fully saturated rings. The number of aromatic nitrogens is 1. The number of azo groups is 1. The van der Waals surface area contributed by atoms with Crippen LogP contribution in [0.15, 0.2) is 132 Å². The number of hydrogen-bond donors (Lipinski definition) is 1. The van der Waals surface area contributed by atoms with Crippen molar-refractivity contribution in [3.8, 4) is 5.69 Å². The molecule has 0 spiro atoms. The Morgan fingerprint density at radius 2 is 1.06 bits per heavy atom. The fourth-order valence-electron chi connectivity index (χ4n) is 5.22. The van der Waals surface area contributed by atoms with Gasteiger partial charge in [0.25, 0.3) is 0 Å². The highest BCUT2D eigenvalue weighted by atomic mass is 15.1. The van der Waals surface area contributed by atoms with Crippen LogP contribution in [0.1, 0.15) is 0 Å². The van der Waals surface area contributed by atoms with Gasteiger partial charge in [-0.1, -0.05) is 91.0 Å². The molecule has 4 heteroatoms. The molecule has 0 aliphatic rings. The standard InChI is InChI=1S/C32H22N4/c33-27-18-17-21-9-1-2-10-22(21)32(27)35-34-28-19-20-31(24-12-4-3-11-23(24)28)36-29-15-7-5-13-25(29)26-14-6-8-16-30(26)36/h1-20H,33H2. The minimum absolute atomic E-state index is 0.614. The van der Waals surface area contributed by atoms with Crippen molar-refractivity contribution in [1.29, 1.82) is 0 Å². The van der Waals surface area contributed by atoms with Gasteiger partial charge in [0.05, 0.1) is 28.1 Å². The van der Waals surface area contributed by atoms with Gasteiger partial charge in [0.15, 0.2) is 0 Å². The molecule has 7 rings (SSSR count). The summed E-state index contributed by atoms with van der Waals surface area (Å²) in [5.41, 5.74) is 11.9. The first-order chi connectivity index (χ1) is 17.8. The number of nitrogen functional groups attached to an aromatic ring is 1. The smallest absolute Gasteiger partial charge is 0.116 e. The number of hydrogen-bond acceptors (Lipinski definition) is 3. The molecule has 170 valence electrons. The van der Waals surface area contributed by atoms with Crippen LogP contribution >= 0.6 is 0 Å². The van der Waals surface area contributed by atoms with E-state index in [-0.39, 0.29) is 0 Å². The monoisotopic (exact) mass is 462 g/mol. The second-order valence-electron chi connectivity index (χ2n) is 8.94. The van der Waals surface area contributed by atoms with E-state index in [4.69, 9.17) is 10.8 Å². The van der Waals surface area contributed by atoms with Crippen LogP contribution in [-0.2, 0) is 0 Å². The normalized spacial score (nSPS) is 11.9. The topological polar surface area (TPSA) is 55.7 Å². The molecular formula is C32H22N4. The zero-order chi connectivity index (χ0) is 24.1. The minimum atomic E-state index is 0.614. The molecule has 4 nitrogen and oxygen atoms in total. The molecule has 1 aromatic heterocycles. The third-order valence-corrected chi connectivity index (χ3v) is 6.89. The maximum Gasteiger partial charge on any atom is 0.116 e. The summed E-state index contributed by atoms with van der Waals surface area (Å²) in [5.74, 6) is 0. The van der Waals surface area contributed by atoms with Crippen LogP contribution in [-0.4, -0.2) is 4.57 Å². The number of nitrogens with two attached hydrogens (primary N) is 1. The van der Waals surface area contributed by atoms with Crippen LogP contribution < -0.4 is 5.73 Å². The van der Waals surface area contributed by atoms with Gasteiger partial charge in [-0.2, -0.15) is 0 Å². The van der Waals surface area contributed by atoms with E-state index in [2.05, 4.69) is 88.5 Å². The highest BCUT2D eigenvalue weighted by molar-refractivity contribution is 6.11. The number of nitrogens with zero attached hydrogens (tertiary/aromatic N) is 3. The summed E-state index contributed by atoms with van der Waals surface area (Å²) < 4.78 is 2.34. The molecule has 2 N–H and O–H groups in total. The third kappa shape index (κ3) is 3.08. The van der Waals surface area contributed by atoms with Crippen molar-refractivity contribution in [3.05, 3.63) is 121 Å². The fraction of sp³-hybridized carbons (Fsp3) is 0. The van der Waals surface area contributed by atoms with E-state index >= 15 is 0 Å². The van der Waals surface area contributed by atoms with Crippen LogP contribution in [0.2, 0.25) is 0 Å². The molecule has 7 aromatic rings. The molecule has 0 bridgehead atoms. The van der Waals surface area contributed by atoms with Gasteiger partial charge >= 0.3 is 0 Å². The van der Waals surface area contributed by atoms with Crippen molar-refractivity contribution in [3.63, 3.8) is 0 Å². The molecule has 0 radical (unpaired) electrons. The fourth-order valence-corrected chi connectivity index (χ4v) is 5.22. The van der Waals surface area contributed by atoms with Crippen LogP contribution in [0.25, 0.3) is 49.0 Å². The Morgan fingerprint density at radius 1 is 0.472 bits per heavy atom. The van der Waals surface area contributed by atoms with E-state index in [1.54, 1.807) is 0 Å². The Morgan fingerprint density at radius 3 is 1.78 bits per heavy atom. The van der Waals surface area contributed by atoms with Crippen LogP contribution in [0, 0.1) is 0 Å². The molecule has 0 aliphatic carbocycles. The van der Waals surface area contributed by atoms with Crippen molar-refractivity contribution in [1.82, 2.24) is 4.57 Å². The van der Waals surface area contributed by atoms with Crippen molar-refractivity contribution in [2.75, 3.05) is 5.73 Å². The number of anilines is 1. The molecule has 0 unspecified atom stereocenters. The zero-order valence-corrected chi connectivity index (χ0v) is 19.5. The average molecular weight is 463 g/mol. The summed E-state index contributed by atoms with van der Waals surface area (Å²) in [5, 5.41) is 16.1. The third-order valence-electron chi connectivity index (χ3n) is 6.89. The van der Waals surface area contributed by atoms with E-state index in [1.807, 2.05) is 42.5 Å². The molecule has 0 atom stereocenters. The second-order valence-corrected chi connectivity index (χ2v) is 8.94. The quantitative estimate of drug-likeness (QED) is 0.207. The second kappa shape index (κ2) is 8.07. The Bertz CT molecular complexity index is 1910. The molecule has 0 saturated carbocycles. The predicted molar refractivity (Wildman–Crippen MR) is 151 cm³/mol. The molecule has 36 heavy (non-hydrogen) atoms. The molecule has 6 aromatic carbocycles. The van der Waals surface area contributed by atoms with Crippen molar-refractivity contribution >= 4 is 60.4 Å². The number of rotatable bonds is 3. The SMILES string of the molecule is Nc1ccc2ccccc2c1N=Nc1ccc(-n2c3ccccc3c3ccccc32)c2ccccc12. The molecule has 0 saturated heterocycles. The molecular weight excluding hydrogens is 440 g/mol. The molecule has 0 amide bonds. The Hall–Kier alpha value is -4.96. The van der Waals surface area contributed by atoms with Gasteiger partial charge in [-0.05, 0) is 35.7 Å². The highest BCUT2D eigenvalue weighted by Crippen LogP contribution is 2.39. The maximum absolute atomic E-state index is 6.30. The minimum Gasteiger partial charge on any atom is -0.397 e.